The van der Waals surface area contributed by atoms with Crippen molar-refractivity contribution >= 4 is 34.1 Å². The van der Waals surface area contributed by atoms with Crippen molar-refractivity contribution in [3.8, 4) is 0 Å². The summed E-state index contributed by atoms with van der Waals surface area (Å²) in [5.74, 6) is 0.255. The van der Waals surface area contributed by atoms with Gasteiger partial charge in [-0.15, -0.1) is 11.8 Å². The predicted molar refractivity (Wildman–Crippen MR) is 119 cm³/mol. The predicted octanol–water partition coefficient (Wildman–Crippen LogP) is 5.41. The largest absolute Gasteiger partial charge is 0.325 e. The highest BCUT2D eigenvalue weighted by Gasteiger charge is 2.25. The minimum absolute atomic E-state index is 0.0960. The molecule has 0 bridgehead atoms. The number of thioether (sulfide) groups is 1. The molecule has 0 atom stereocenters. The molecule has 1 fully saturated rings. The number of para-hydroxylation sites is 1. The summed E-state index contributed by atoms with van der Waals surface area (Å²) in [5.41, 5.74) is 2.30. The van der Waals surface area contributed by atoms with Crippen LogP contribution in [0.5, 0.6) is 0 Å². The summed E-state index contributed by atoms with van der Waals surface area (Å²) in [7, 11) is 0. The number of likely N-dealkylation sites (tertiary alicyclic amines) is 1. The van der Waals surface area contributed by atoms with Gasteiger partial charge < -0.3 is 5.32 Å². The van der Waals surface area contributed by atoms with E-state index in [4.69, 9.17) is 0 Å². The van der Waals surface area contributed by atoms with E-state index in [1.807, 2.05) is 30.5 Å². The number of carbonyl (C=O) groups excluding carboxylic acids is 1. The molecule has 28 heavy (non-hydrogen) atoms. The molecule has 0 radical (unpaired) electrons. The number of anilines is 1. The molecule has 4 rings (SSSR count). The number of hydrogen-bond acceptors (Lipinski definition) is 3. The Labute approximate surface area is 171 Å². The molecule has 4 heteroatoms. The van der Waals surface area contributed by atoms with E-state index in [0.29, 0.717) is 0 Å². The first-order valence-electron chi connectivity index (χ1n) is 9.87. The van der Waals surface area contributed by atoms with Crippen LogP contribution in [0, 0.1) is 5.92 Å². The summed E-state index contributed by atoms with van der Waals surface area (Å²) in [4.78, 5) is 16.3. The Balaban J connectivity index is 1.36. The lowest BCUT2D eigenvalue weighted by molar-refractivity contribution is -0.121. The third kappa shape index (κ3) is 4.23. The molecule has 1 saturated heterocycles. The van der Waals surface area contributed by atoms with Gasteiger partial charge in [-0.25, -0.2) is 0 Å². The van der Waals surface area contributed by atoms with Crippen LogP contribution in [0.2, 0.25) is 0 Å². The van der Waals surface area contributed by atoms with Gasteiger partial charge in [0.25, 0.3) is 0 Å². The number of nitrogens with zero attached hydrogens (tertiary/aromatic N) is 1. The van der Waals surface area contributed by atoms with Gasteiger partial charge in [-0.1, -0.05) is 54.6 Å². The maximum Gasteiger partial charge on any atom is 0.227 e. The van der Waals surface area contributed by atoms with Crippen molar-refractivity contribution in [3.05, 3.63) is 72.3 Å². The zero-order valence-corrected chi connectivity index (χ0v) is 17.0. The maximum absolute atomic E-state index is 12.7. The molecule has 0 saturated carbocycles. The highest BCUT2D eigenvalue weighted by atomic mass is 32.2. The number of hydrogen-bond donors (Lipinski definition) is 1. The van der Waals surface area contributed by atoms with Crippen LogP contribution in [0.4, 0.5) is 5.69 Å². The Hall–Kier alpha value is -2.30. The lowest BCUT2D eigenvalue weighted by Gasteiger charge is -2.31. The molecule has 144 valence electrons. The number of carbonyl (C=O) groups is 1. The van der Waals surface area contributed by atoms with E-state index < -0.39 is 0 Å². The Kier molecular flexibility index (Phi) is 5.98. The summed E-state index contributed by atoms with van der Waals surface area (Å²) in [5, 5.41) is 5.77. The summed E-state index contributed by atoms with van der Waals surface area (Å²) in [6, 6.07) is 23.1. The van der Waals surface area contributed by atoms with Crippen LogP contribution < -0.4 is 5.32 Å². The fourth-order valence-electron chi connectivity index (χ4n) is 4.01. The third-order valence-electron chi connectivity index (χ3n) is 5.60. The molecule has 0 aliphatic carbocycles. The van der Waals surface area contributed by atoms with Crippen molar-refractivity contribution in [1.82, 2.24) is 4.90 Å². The zero-order valence-electron chi connectivity index (χ0n) is 16.2. The van der Waals surface area contributed by atoms with E-state index in [9.17, 15) is 4.79 Å². The number of rotatable bonds is 5. The average Bonchev–Trinajstić information content (AvgIpc) is 2.75. The molecule has 0 unspecified atom stereocenters. The van der Waals surface area contributed by atoms with Crippen LogP contribution in [0.3, 0.4) is 0 Å². The fraction of sp³-hybridized carbons (Fsp3) is 0.292. The number of piperidine rings is 1. The summed E-state index contributed by atoms with van der Waals surface area (Å²) >= 11 is 1.66. The maximum atomic E-state index is 12.7. The molecule has 1 heterocycles. The van der Waals surface area contributed by atoms with Gasteiger partial charge in [-0.05, 0) is 60.7 Å². The highest BCUT2D eigenvalue weighted by Crippen LogP contribution is 2.27. The van der Waals surface area contributed by atoms with Crippen LogP contribution in [0.1, 0.15) is 18.4 Å². The molecular formula is C24H26N2OS. The molecule has 3 aromatic carbocycles. The van der Waals surface area contributed by atoms with E-state index in [1.54, 1.807) is 11.8 Å². The van der Waals surface area contributed by atoms with Gasteiger partial charge in [0, 0.05) is 17.4 Å². The fourth-order valence-corrected chi connectivity index (χ4v) is 4.56. The van der Waals surface area contributed by atoms with Crippen molar-refractivity contribution in [2.75, 3.05) is 24.7 Å². The Bertz CT molecular complexity index is 958. The second-order valence-corrected chi connectivity index (χ2v) is 8.23. The molecule has 1 amide bonds. The van der Waals surface area contributed by atoms with Gasteiger partial charge in [-0.3, -0.25) is 9.69 Å². The van der Waals surface area contributed by atoms with Gasteiger partial charge in [0.2, 0.25) is 5.91 Å². The first kappa shape index (κ1) is 19.0. The minimum Gasteiger partial charge on any atom is -0.325 e. The number of amides is 1. The molecular weight excluding hydrogens is 364 g/mol. The van der Waals surface area contributed by atoms with Gasteiger partial charge in [0.15, 0.2) is 0 Å². The summed E-state index contributed by atoms with van der Waals surface area (Å²) < 4.78 is 0. The van der Waals surface area contributed by atoms with Crippen molar-refractivity contribution in [3.63, 3.8) is 0 Å². The van der Waals surface area contributed by atoms with E-state index in [0.717, 1.165) is 43.1 Å². The average molecular weight is 391 g/mol. The van der Waals surface area contributed by atoms with Crippen LogP contribution in [-0.2, 0) is 11.3 Å². The van der Waals surface area contributed by atoms with E-state index in [2.05, 4.69) is 52.7 Å². The van der Waals surface area contributed by atoms with Crippen LogP contribution in [0.15, 0.2) is 71.6 Å². The minimum atomic E-state index is 0.0960. The van der Waals surface area contributed by atoms with Crippen molar-refractivity contribution in [2.24, 2.45) is 5.92 Å². The highest BCUT2D eigenvalue weighted by molar-refractivity contribution is 7.98. The second-order valence-electron chi connectivity index (χ2n) is 7.38. The van der Waals surface area contributed by atoms with Crippen molar-refractivity contribution in [1.29, 1.82) is 0 Å². The molecule has 0 aromatic heterocycles. The monoisotopic (exact) mass is 390 g/mol. The standard InChI is InChI=1S/C24H26N2OS/c1-28-23-12-5-4-11-22(23)25-24(27)19-13-15-26(16-14-19)17-20-9-6-8-18-7-2-3-10-21(18)20/h2-12,19H,13-17H2,1H3,(H,25,27). The number of nitrogens with one attached hydrogen (secondary N) is 1. The zero-order chi connectivity index (χ0) is 19.3. The molecule has 0 spiro atoms. The first-order valence-corrected chi connectivity index (χ1v) is 11.1. The first-order chi connectivity index (χ1) is 13.7. The molecule has 1 N–H and O–H groups in total. The van der Waals surface area contributed by atoms with E-state index in [1.165, 1.54) is 16.3 Å². The normalized spacial score (nSPS) is 15.6. The summed E-state index contributed by atoms with van der Waals surface area (Å²) in [6.07, 6.45) is 3.87. The Morgan fingerprint density at radius 2 is 1.71 bits per heavy atom. The molecule has 1 aliphatic rings. The Morgan fingerprint density at radius 3 is 2.54 bits per heavy atom. The van der Waals surface area contributed by atoms with Crippen LogP contribution >= 0.6 is 11.8 Å². The van der Waals surface area contributed by atoms with Crippen molar-refractivity contribution in [2.45, 2.75) is 24.3 Å². The topological polar surface area (TPSA) is 32.3 Å². The second kappa shape index (κ2) is 8.80. The molecule has 3 aromatic rings. The van der Waals surface area contributed by atoms with Gasteiger partial charge >= 0.3 is 0 Å². The molecule has 1 aliphatic heterocycles. The van der Waals surface area contributed by atoms with Crippen molar-refractivity contribution < 1.29 is 4.79 Å². The SMILES string of the molecule is CSc1ccccc1NC(=O)C1CCN(Cc2cccc3ccccc23)CC1. The lowest BCUT2D eigenvalue weighted by Crippen LogP contribution is -2.37. The smallest absolute Gasteiger partial charge is 0.227 e. The van der Waals surface area contributed by atoms with Gasteiger partial charge in [-0.2, -0.15) is 0 Å². The van der Waals surface area contributed by atoms with Crippen LogP contribution in [0.25, 0.3) is 10.8 Å². The molecule has 3 nitrogen and oxygen atoms in total. The Morgan fingerprint density at radius 1 is 1.00 bits per heavy atom. The number of fused-ring (bicyclic) bond motifs is 1. The van der Waals surface area contributed by atoms with Gasteiger partial charge in [0.1, 0.15) is 0 Å². The lowest BCUT2D eigenvalue weighted by atomic mass is 9.95. The van der Waals surface area contributed by atoms with Crippen LogP contribution in [-0.4, -0.2) is 30.2 Å². The van der Waals surface area contributed by atoms with E-state index >= 15 is 0 Å². The van der Waals surface area contributed by atoms with Gasteiger partial charge in [0.05, 0.1) is 5.69 Å². The van der Waals surface area contributed by atoms with E-state index in [-0.39, 0.29) is 11.8 Å². The number of benzene rings is 3. The quantitative estimate of drug-likeness (QED) is 0.591. The summed E-state index contributed by atoms with van der Waals surface area (Å²) in [6.45, 7) is 2.88. The third-order valence-corrected chi connectivity index (χ3v) is 6.39.